The fraction of sp³-hybridized carbons (Fsp3) is 0.820. The molecule has 0 aromatic heterocycles. The number of ether oxygens (including phenoxy) is 3. The molecule has 0 bridgehead atoms. The van der Waals surface area contributed by atoms with Crippen LogP contribution in [0.4, 0.5) is 0 Å². The van der Waals surface area contributed by atoms with E-state index in [0.29, 0.717) is 19.3 Å². The van der Waals surface area contributed by atoms with E-state index in [4.69, 9.17) is 14.2 Å². The van der Waals surface area contributed by atoms with Crippen molar-refractivity contribution in [1.29, 1.82) is 0 Å². The van der Waals surface area contributed by atoms with Crippen LogP contribution in [0.25, 0.3) is 0 Å². The number of carbonyl (C=O) groups is 3. The van der Waals surface area contributed by atoms with Gasteiger partial charge in [0.1, 0.15) is 13.2 Å². The third kappa shape index (κ3) is 54.2. The van der Waals surface area contributed by atoms with Crippen molar-refractivity contribution >= 4 is 17.9 Å². The van der Waals surface area contributed by atoms with Crippen LogP contribution in [0, 0.1) is 0 Å². The van der Waals surface area contributed by atoms with Crippen molar-refractivity contribution in [3.05, 3.63) is 48.6 Å². The normalized spacial score (nSPS) is 12.3. The van der Waals surface area contributed by atoms with Crippen LogP contribution in [-0.4, -0.2) is 37.2 Å². The summed E-state index contributed by atoms with van der Waals surface area (Å²) in [7, 11) is 0. The fourth-order valence-corrected chi connectivity index (χ4v) is 8.49. The second-order valence-corrected chi connectivity index (χ2v) is 19.5. The molecule has 0 heterocycles. The van der Waals surface area contributed by atoms with Crippen LogP contribution in [0.2, 0.25) is 0 Å². The third-order valence-corrected chi connectivity index (χ3v) is 12.8. The molecule has 0 rings (SSSR count). The largest absolute Gasteiger partial charge is 0.462 e. The number of esters is 3. The minimum atomic E-state index is -0.781. The molecule has 0 spiro atoms. The molecule has 0 aliphatic carbocycles. The molecular weight excluding hydrogens is 829 g/mol. The zero-order valence-corrected chi connectivity index (χ0v) is 44.7. The van der Waals surface area contributed by atoms with Crippen LogP contribution >= 0.6 is 0 Å². The van der Waals surface area contributed by atoms with E-state index in [2.05, 4.69) is 69.4 Å². The second kappa shape index (κ2) is 56.0. The Morgan fingerprint density at radius 3 is 0.910 bits per heavy atom. The van der Waals surface area contributed by atoms with Crippen molar-refractivity contribution in [2.45, 2.75) is 309 Å². The molecule has 0 aromatic carbocycles. The maximum Gasteiger partial charge on any atom is 0.306 e. The highest BCUT2D eigenvalue weighted by atomic mass is 16.6. The summed E-state index contributed by atoms with van der Waals surface area (Å²) in [6.45, 7) is 6.51. The summed E-state index contributed by atoms with van der Waals surface area (Å²) in [5, 5.41) is 0. The molecule has 390 valence electrons. The zero-order valence-electron chi connectivity index (χ0n) is 44.7. The lowest BCUT2D eigenvalue weighted by Gasteiger charge is -2.18. The predicted octanol–water partition coefficient (Wildman–Crippen LogP) is 19.4. The van der Waals surface area contributed by atoms with Gasteiger partial charge in [0, 0.05) is 19.3 Å². The first kappa shape index (κ1) is 64.4. The number of hydrogen-bond donors (Lipinski definition) is 0. The Morgan fingerprint density at radius 2 is 0.582 bits per heavy atom. The Kier molecular flexibility index (Phi) is 53.8. The van der Waals surface area contributed by atoms with Gasteiger partial charge in [-0.2, -0.15) is 0 Å². The molecule has 6 nitrogen and oxygen atoms in total. The van der Waals surface area contributed by atoms with Gasteiger partial charge in [0.2, 0.25) is 0 Å². The Morgan fingerprint density at radius 1 is 0.313 bits per heavy atom. The van der Waals surface area contributed by atoms with Crippen molar-refractivity contribution in [2.75, 3.05) is 13.2 Å². The number of allylic oxidation sites excluding steroid dienone is 8. The summed E-state index contributed by atoms with van der Waals surface area (Å²) in [4.78, 5) is 38.0. The van der Waals surface area contributed by atoms with E-state index in [0.717, 1.165) is 96.3 Å². The van der Waals surface area contributed by atoms with Gasteiger partial charge in [-0.25, -0.2) is 0 Å². The first-order valence-electron chi connectivity index (χ1n) is 29.1. The van der Waals surface area contributed by atoms with Crippen LogP contribution in [0.15, 0.2) is 48.6 Å². The number of rotatable bonds is 53. The van der Waals surface area contributed by atoms with E-state index >= 15 is 0 Å². The van der Waals surface area contributed by atoms with Crippen molar-refractivity contribution in [3.63, 3.8) is 0 Å². The van der Waals surface area contributed by atoms with Crippen LogP contribution in [0.3, 0.4) is 0 Å². The van der Waals surface area contributed by atoms with E-state index < -0.39 is 6.10 Å². The average molecular weight is 940 g/mol. The standard InChI is InChI=1S/C61H110O6/c1-4-7-10-13-16-19-21-23-25-27-28-29-30-31-32-33-35-36-38-40-42-45-48-51-54-60(63)66-57-58(56-65-59(62)53-50-47-44-18-15-12-9-6-3)67-61(64)55-52-49-46-43-41-39-37-34-26-24-22-20-17-14-11-8-5-2/h8,11,17,20,24,26,37,39,58H,4-7,9-10,12-16,18-19,21-23,25,27-36,38,40-57H2,1-3H3/b11-8-,20-17-,26-24-,39-37-. The molecule has 0 radical (unpaired) electrons. The topological polar surface area (TPSA) is 78.9 Å². The molecule has 0 saturated heterocycles. The molecule has 0 aliphatic heterocycles. The van der Waals surface area contributed by atoms with E-state index in [9.17, 15) is 14.4 Å². The third-order valence-electron chi connectivity index (χ3n) is 12.8. The lowest BCUT2D eigenvalue weighted by Crippen LogP contribution is -2.30. The predicted molar refractivity (Wildman–Crippen MR) is 289 cm³/mol. The first-order valence-corrected chi connectivity index (χ1v) is 29.1. The molecule has 0 aliphatic rings. The van der Waals surface area contributed by atoms with Gasteiger partial charge in [-0.05, 0) is 57.8 Å². The minimum absolute atomic E-state index is 0.0795. The molecule has 1 atom stereocenters. The summed E-state index contributed by atoms with van der Waals surface area (Å²) < 4.78 is 16.8. The lowest BCUT2D eigenvalue weighted by molar-refractivity contribution is -0.167. The molecule has 6 heteroatoms. The molecule has 0 fully saturated rings. The Labute approximate surface area is 416 Å². The van der Waals surface area contributed by atoms with Gasteiger partial charge < -0.3 is 14.2 Å². The summed E-state index contributed by atoms with van der Waals surface area (Å²) >= 11 is 0. The molecule has 67 heavy (non-hydrogen) atoms. The van der Waals surface area contributed by atoms with Gasteiger partial charge in [-0.3, -0.25) is 14.4 Å². The molecular formula is C61H110O6. The maximum absolute atomic E-state index is 12.8. The highest BCUT2D eigenvalue weighted by molar-refractivity contribution is 5.71. The molecule has 0 N–H and O–H groups in total. The Bertz CT molecular complexity index is 1170. The summed E-state index contributed by atoms with van der Waals surface area (Å²) in [5.74, 6) is -0.894. The van der Waals surface area contributed by atoms with Gasteiger partial charge in [-0.1, -0.05) is 275 Å². The maximum atomic E-state index is 12.8. The van der Waals surface area contributed by atoms with Gasteiger partial charge in [0.15, 0.2) is 6.10 Å². The van der Waals surface area contributed by atoms with E-state index in [-0.39, 0.29) is 31.1 Å². The average Bonchev–Trinajstić information content (AvgIpc) is 3.33. The minimum Gasteiger partial charge on any atom is -0.462 e. The smallest absolute Gasteiger partial charge is 0.306 e. The first-order chi connectivity index (χ1) is 33.0. The molecule has 0 aromatic rings. The van der Waals surface area contributed by atoms with Crippen molar-refractivity contribution in [1.82, 2.24) is 0 Å². The second-order valence-electron chi connectivity index (χ2n) is 19.5. The Balaban J connectivity index is 4.18. The van der Waals surface area contributed by atoms with E-state index in [1.165, 1.54) is 167 Å². The van der Waals surface area contributed by atoms with Gasteiger partial charge >= 0.3 is 17.9 Å². The summed E-state index contributed by atoms with van der Waals surface area (Å²) in [5.41, 5.74) is 0. The van der Waals surface area contributed by atoms with Gasteiger partial charge in [0.05, 0.1) is 0 Å². The van der Waals surface area contributed by atoms with Gasteiger partial charge in [0.25, 0.3) is 0 Å². The van der Waals surface area contributed by atoms with Crippen molar-refractivity contribution in [3.8, 4) is 0 Å². The van der Waals surface area contributed by atoms with E-state index in [1.54, 1.807) is 0 Å². The number of hydrogen-bond acceptors (Lipinski definition) is 6. The monoisotopic (exact) mass is 939 g/mol. The molecule has 0 saturated carbocycles. The van der Waals surface area contributed by atoms with Crippen LogP contribution in [-0.2, 0) is 28.6 Å². The SMILES string of the molecule is CC/C=C\C/C=C\C/C=C\C/C=C\CCCCCCC(=O)OC(COC(=O)CCCCCCCCCC)COC(=O)CCCCCCCCCCCCCCCCCCCCCCCCCC. The lowest BCUT2D eigenvalue weighted by atomic mass is 10.0. The Hall–Kier alpha value is -2.63. The summed E-state index contributed by atoms with van der Waals surface area (Å²) in [6, 6.07) is 0. The molecule has 0 amide bonds. The van der Waals surface area contributed by atoms with Crippen LogP contribution in [0.5, 0.6) is 0 Å². The quantitative estimate of drug-likeness (QED) is 0.0262. The van der Waals surface area contributed by atoms with Crippen LogP contribution < -0.4 is 0 Å². The van der Waals surface area contributed by atoms with Crippen LogP contribution in [0.1, 0.15) is 303 Å². The van der Waals surface area contributed by atoms with Crippen molar-refractivity contribution in [2.24, 2.45) is 0 Å². The number of carbonyl (C=O) groups excluding carboxylic acids is 3. The zero-order chi connectivity index (χ0) is 48.6. The summed E-state index contributed by atoms with van der Waals surface area (Å²) in [6.07, 6.45) is 68.4. The van der Waals surface area contributed by atoms with Crippen molar-refractivity contribution < 1.29 is 28.6 Å². The van der Waals surface area contributed by atoms with E-state index in [1.807, 2.05) is 0 Å². The highest BCUT2D eigenvalue weighted by Gasteiger charge is 2.19. The molecule has 1 unspecified atom stereocenters. The highest BCUT2D eigenvalue weighted by Crippen LogP contribution is 2.17. The number of unbranched alkanes of at least 4 members (excludes halogenated alkanes) is 34. The fourth-order valence-electron chi connectivity index (χ4n) is 8.49. The van der Waals surface area contributed by atoms with Gasteiger partial charge in [-0.15, -0.1) is 0 Å².